The van der Waals surface area contributed by atoms with Crippen LogP contribution >= 0.6 is 0 Å². The zero-order valence-corrected chi connectivity index (χ0v) is 12.5. The Morgan fingerprint density at radius 3 is 1.82 bits per heavy atom. The maximum Gasteiger partial charge on any atom is 0.391 e. The SMILES string of the molecule is O=S(=O)(F)c1ccc(S(=O)(=O)NC2CC(C(F)(F)F)C2)cc1. The number of alkyl halides is 3. The Hall–Kier alpha value is -1.20. The van der Waals surface area contributed by atoms with Crippen LogP contribution in [0.4, 0.5) is 17.1 Å². The van der Waals surface area contributed by atoms with Gasteiger partial charge in [-0.15, -0.1) is 3.89 Å². The molecule has 0 radical (unpaired) electrons. The smallest absolute Gasteiger partial charge is 0.208 e. The number of nitrogens with one attached hydrogen (secondary N) is 1. The molecule has 1 aromatic rings. The van der Waals surface area contributed by atoms with E-state index in [2.05, 4.69) is 4.72 Å². The number of hydrogen-bond donors (Lipinski definition) is 1. The Labute approximate surface area is 124 Å². The molecule has 0 amide bonds. The molecule has 11 heteroatoms. The lowest BCUT2D eigenvalue weighted by atomic mass is 9.80. The van der Waals surface area contributed by atoms with Gasteiger partial charge >= 0.3 is 16.4 Å². The Bertz CT molecular complexity index is 750. The average Bonchev–Trinajstić information content (AvgIpc) is 2.31. The van der Waals surface area contributed by atoms with Crippen LogP contribution in [0.25, 0.3) is 0 Å². The molecule has 0 aromatic heterocycles. The third kappa shape index (κ3) is 3.76. The molecule has 124 valence electrons. The highest BCUT2D eigenvalue weighted by Gasteiger charge is 2.48. The quantitative estimate of drug-likeness (QED) is 0.657. The van der Waals surface area contributed by atoms with Gasteiger partial charge in [0.05, 0.1) is 15.7 Å². The summed E-state index contributed by atoms with van der Waals surface area (Å²) in [7, 11) is -9.03. The van der Waals surface area contributed by atoms with Crippen LogP contribution in [-0.2, 0) is 20.2 Å². The summed E-state index contributed by atoms with van der Waals surface area (Å²) in [6.07, 6.45) is -5.04. The van der Waals surface area contributed by atoms with Gasteiger partial charge in [0.25, 0.3) is 0 Å². The molecule has 22 heavy (non-hydrogen) atoms. The molecule has 0 unspecified atom stereocenters. The molecule has 0 saturated heterocycles. The van der Waals surface area contributed by atoms with Crippen molar-refractivity contribution in [2.45, 2.75) is 34.9 Å². The minimum absolute atomic E-state index is 0.348. The summed E-state index contributed by atoms with van der Waals surface area (Å²) >= 11 is 0. The second kappa shape index (κ2) is 5.46. The van der Waals surface area contributed by atoms with Crippen LogP contribution in [0.3, 0.4) is 0 Å². The topological polar surface area (TPSA) is 80.3 Å². The molecule has 1 aliphatic rings. The van der Waals surface area contributed by atoms with Crippen LogP contribution in [0.5, 0.6) is 0 Å². The summed E-state index contributed by atoms with van der Waals surface area (Å²) in [5, 5.41) is 0. The molecule has 0 aliphatic heterocycles. The van der Waals surface area contributed by atoms with E-state index >= 15 is 0 Å². The molecule has 2 rings (SSSR count). The number of halogens is 4. The second-order valence-corrected chi connectivity index (χ2v) is 8.00. The lowest BCUT2D eigenvalue weighted by Crippen LogP contribution is -2.48. The van der Waals surface area contributed by atoms with Gasteiger partial charge in [-0.05, 0) is 37.1 Å². The summed E-state index contributed by atoms with van der Waals surface area (Å²) in [6, 6.07) is 2.44. The minimum atomic E-state index is -4.95. The van der Waals surface area contributed by atoms with E-state index in [1.54, 1.807) is 0 Å². The largest absolute Gasteiger partial charge is 0.391 e. The van der Waals surface area contributed by atoms with E-state index in [4.69, 9.17) is 0 Å². The van der Waals surface area contributed by atoms with Gasteiger partial charge in [-0.2, -0.15) is 21.6 Å². The van der Waals surface area contributed by atoms with Gasteiger partial charge in [0.15, 0.2) is 0 Å². The van der Waals surface area contributed by atoms with Crippen LogP contribution in [0.1, 0.15) is 12.8 Å². The Balaban J connectivity index is 2.06. The van der Waals surface area contributed by atoms with Crippen molar-refractivity contribution in [2.24, 2.45) is 5.92 Å². The Kier molecular flexibility index (Phi) is 4.26. The minimum Gasteiger partial charge on any atom is -0.208 e. The monoisotopic (exact) mass is 361 g/mol. The van der Waals surface area contributed by atoms with Crippen molar-refractivity contribution in [1.82, 2.24) is 4.72 Å². The van der Waals surface area contributed by atoms with Gasteiger partial charge < -0.3 is 0 Å². The van der Waals surface area contributed by atoms with E-state index in [9.17, 15) is 33.9 Å². The predicted molar refractivity (Wildman–Crippen MR) is 67.6 cm³/mol. The fraction of sp³-hybridized carbons (Fsp3) is 0.455. The summed E-state index contributed by atoms with van der Waals surface area (Å²) in [5.74, 6) is -1.53. The first-order valence-electron chi connectivity index (χ1n) is 6.03. The fourth-order valence-corrected chi connectivity index (χ4v) is 3.77. The maximum atomic E-state index is 12.7. The van der Waals surface area contributed by atoms with Gasteiger partial charge in [-0.1, -0.05) is 0 Å². The second-order valence-electron chi connectivity index (χ2n) is 4.94. The lowest BCUT2D eigenvalue weighted by molar-refractivity contribution is -0.197. The van der Waals surface area contributed by atoms with E-state index in [0.29, 0.717) is 0 Å². The van der Waals surface area contributed by atoms with E-state index in [1.165, 1.54) is 0 Å². The lowest BCUT2D eigenvalue weighted by Gasteiger charge is -2.36. The molecule has 5 nitrogen and oxygen atoms in total. The third-order valence-corrected chi connectivity index (χ3v) is 5.71. The molecule has 1 aromatic carbocycles. The normalized spacial score (nSPS) is 23.1. The van der Waals surface area contributed by atoms with E-state index < -0.39 is 43.3 Å². The van der Waals surface area contributed by atoms with E-state index in [-0.39, 0.29) is 17.7 Å². The molecule has 1 N–H and O–H groups in total. The zero-order valence-electron chi connectivity index (χ0n) is 10.8. The summed E-state index contributed by atoms with van der Waals surface area (Å²) in [5.41, 5.74) is 0. The van der Waals surface area contributed by atoms with E-state index in [0.717, 1.165) is 24.3 Å². The number of rotatable bonds is 4. The van der Waals surface area contributed by atoms with Crippen LogP contribution in [0, 0.1) is 5.92 Å². The van der Waals surface area contributed by atoms with Crippen molar-refractivity contribution in [2.75, 3.05) is 0 Å². The summed E-state index contributed by atoms with van der Waals surface area (Å²) in [4.78, 5) is -1.05. The van der Waals surface area contributed by atoms with Crippen molar-refractivity contribution in [3.05, 3.63) is 24.3 Å². The van der Waals surface area contributed by atoms with Crippen molar-refractivity contribution in [3.63, 3.8) is 0 Å². The van der Waals surface area contributed by atoms with Crippen LogP contribution in [0.15, 0.2) is 34.1 Å². The highest BCUT2D eigenvalue weighted by atomic mass is 32.3. The average molecular weight is 361 g/mol. The summed E-state index contributed by atoms with van der Waals surface area (Å²) in [6.45, 7) is 0. The molecular weight excluding hydrogens is 350 g/mol. The molecule has 1 fully saturated rings. The molecular formula is C11H11F4NO4S2. The maximum absolute atomic E-state index is 12.7. The van der Waals surface area contributed by atoms with Gasteiger partial charge in [0.1, 0.15) is 0 Å². The van der Waals surface area contributed by atoms with Crippen molar-refractivity contribution >= 4 is 20.2 Å². The van der Waals surface area contributed by atoms with Gasteiger partial charge in [-0.25, -0.2) is 13.1 Å². The van der Waals surface area contributed by atoms with Gasteiger partial charge in [0.2, 0.25) is 10.0 Å². The fourth-order valence-electron chi connectivity index (χ4n) is 2.05. The zero-order chi connectivity index (χ0) is 16.8. The molecule has 0 spiro atoms. The van der Waals surface area contributed by atoms with Gasteiger partial charge in [0, 0.05) is 6.04 Å². The molecule has 1 saturated carbocycles. The van der Waals surface area contributed by atoms with Crippen LogP contribution in [0.2, 0.25) is 0 Å². The number of benzene rings is 1. The van der Waals surface area contributed by atoms with Crippen LogP contribution in [-0.4, -0.2) is 29.1 Å². The standard InChI is InChI=1S/C11H11F4NO4S2/c12-11(13,14)7-5-8(6-7)16-22(19,20)10-3-1-9(2-4-10)21(15,17)18/h1-4,7-8,16H,5-6H2. The molecule has 0 heterocycles. The Morgan fingerprint density at radius 2 is 1.41 bits per heavy atom. The van der Waals surface area contributed by atoms with Crippen molar-refractivity contribution in [3.8, 4) is 0 Å². The predicted octanol–water partition coefficient (Wildman–Crippen LogP) is 1.96. The first kappa shape index (κ1) is 17.2. The number of sulfonamides is 1. The Morgan fingerprint density at radius 1 is 0.955 bits per heavy atom. The first-order chi connectivity index (χ1) is 9.89. The van der Waals surface area contributed by atoms with E-state index in [1.807, 2.05) is 0 Å². The first-order valence-corrected chi connectivity index (χ1v) is 8.90. The highest BCUT2D eigenvalue weighted by Crippen LogP contribution is 2.41. The van der Waals surface area contributed by atoms with Crippen LogP contribution < -0.4 is 4.72 Å². The van der Waals surface area contributed by atoms with Gasteiger partial charge in [-0.3, -0.25) is 0 Å². The van der Waals surface area contributed by atoms with Crippen molar-refractivity contribution < 1.29 is 33.9 Å². The molecule has 1 aliphatic carbocycles. The molecule has 0 atom stereocenters. The molecule has 0 bridgehead atoms. The third-order valence-electron chi connectivity index (χ3n) is 3.34. The summed E-state index contributed by atoms with van der Waals surface area (Å²) < 4.78 is 96.8. The van der Waals surface area contributed by atoms with Crippen molar-refractivity contribution in [1.29, 1.82) is 0 Å². The number of hydrogen-bond acceptors (Lipinski definition) is 4. The highest BCUT2D eigenvalue weighted by molar-refractivity contribution is 7.89.